The molecule has 0 saturated heterocycles. The van der Waals surface area contributed by atoms with Crippen LogP contribution in [0.3, 0.4) is 0 Å². The van der Waals surface area contributed by atoms with Gasteiger partial charge in [0, 0.05) is 0 Å². The van der Waals surface area contributed by atoms with Gasteiger partial charge in [0.15, 0.2) is 0 Å². The topological polar surface area (TPSA) is 0 Å². The van der Waals surface area contributed by atoms with Gasteiger partial charge in [-0.3, -0.25) is 0 Å². The van der Waals surface area contributed by atoms with E-state index in [0.717, 1.165) is 0 Å². The Balaban J connectivity index is 0.000000128. The second kappa shape index (κ2) is 10.6. The molecule has 0 aromatic heterocycles. The third-order valence-corrected chi connectivity index (χ3v) is 3.83. The Kier molecular flexibility index (Phi) is 7.86. The summed E-state index contributed by atoms with van der Waals surface area (Å²) >= 11 is 0. The van der Waals surface area contributed by atoms with E-state index in [2.05, 4.69) is 48.5 Å². The molecule has 0 nitrogen and oxygen atoms in total. The monoisotopic (exact) mass is 290 g/mol. The van der Waals surface area contributed by atoms with Gasteiger partial charge in [-0.2, -0.15) is 0 Å². The summed E-state index contributed by atoms with van der Waals surface area (Å²) in [5, 5.41) is 2.62. The van der Waals surface area contributed by atoms with Crippen molar-refractivity contribution < 1.29 is 0 Å². The van der Waals surface area contributed by atoms with Crippen LogP contribution in [-0.2, 0) is 0 Å². The minimum atomic E-state index is 1.31. The van der Waals surface area contributed by atoms with Crippen molar-refractivity contribution in [2.45, 2.75) is 38.5 Å². The number of benzene rings is 3. The molecule has 0 radical (unpaired) electrons. The molecule has 1 fully saturated rings. The highest BCUT2D eigenvalue weighted by molar-refractivity contribution is 5.81. The Morgan fingerprint density at radius 1 is 0.318 bits per heavy atom. The molecule has 22 heavy (non-hydrogen) atoms. The Morgan fingerprint density at radius 3 is 0.773 bits per heavy atom. The zero-order valence-corrected chi connectivity index (χ0v) is 13.3. The zero-order valence-electron chi connectivity index (χ0n) is 13.3. The molecule has 0 atom stereocenters. The summed E-state index contributed by atoms with van der Waals surface area (Å²) < 4.78 is 0. The van der Waals surface area contributed by atoms with E-state index in [-0.39, 0.29) is 0 Å². The van der Waals surface area contributed by atoms with Crippen molar-refractivity contribution in [2.24, 2.45) is 0 Å². The third kappa shape index (κ3) is 6.58. The molecule has 1 saturated carbocycles. The highest BCUT2D eigenvalue weighted by Crippen LogP contribution is 2.15. The summed E-state index contributed by atoms with van der Waals surface area (Å²) in [5.74, 6) is 0. The number of rotatable bonds is 0. The lowest BCUT2D eigenvalue weighted by molar-refractivity contribution is 0.504. The van der Waals surface area contributed by atoms with E-state index >= 15 is 0 Å². The van der Waals surface area contributed by atoms with E-state index in [9.17, 15) is 0 Å². The van der Waals surface area contributed by atoms with Crippen molar-refractivity contribution in [3.8, 4) is 0 Å². The van der Waals surface area contributed by atoms with Crippen LogP contribution >= 0.6 is 0 Å². The van der Waals surface area contributed by atoms with Crippen molar-refractivity contribution in [3.05, 3.63) is 84.9 Å². The molecule has 0 heteroatoms. The first-order valence-electron chi connectivity index (χ1n) is 8.40. The minimum Gasteiger partial charge on any atom is -0.0623 e. The Labute approximate surface area is 134 Å². The average molecular weight is 290 g/mol. The molecule has 1 aliphatic carbocycles. The van der Waals surface area contributed by atoms with Crippen LogP contribution in [0, 0.1) is 0 Å². The highest BCUT2D eigenvalue weighted by Gasteiger charge is 1.95. The predicted octanol–water partition coefficient (Wildman–Crippen LogP) is 6.87. The summed E-state index contributed by atoms with van der Waals surface area (Å²) in [6.45, 7) is 0. The van der Waals surface area contributed by atoms with Crippen LogP contribution < -0.4 is 0 Å². The van der Waals surface area contributed by atoms with Gasteiger partial charge < -0.3 is 0 Å². The number of hydrogen-bond acceptors (Lipinski definition) is 0. The molecule has 0 heterocycles. The first kappa shape index (κ1) is 16.3. The first-order valence-corrected chi connectivity index (χ1v) is 8.40. The standard InChI is InChI=1S/C10H8.C6H12.C6H6/c1-2-6-10-8-4-3-7-9(10)5-1;2*1-2-4-6-5-3-1/h1-8H;1-6H2;1-6H. The second-order valence-electron chi connectivity index (χ2n) is 5.62. The predicted molar refractivity (Wildman–Crippen MR) is 98.1 cm³/mol. The maximum atomic E-state index is 2.12. The lowest BCUT2D eigenvalue weighted by Crippen LogP contribution is -1.85. The Bertz CT molecular complexity index is 505. The van der Waals surface area contributed by atoms with Crippen molar-refractivity contribution >= 4 is 10.8 Å². The van der Waals surface area contributed by atoms with Gasteiger partial charge in [0.2, 0.25) is 0 Å². The van der Waals surface area contributed by atoms with Crippen molar-refractivity contribution in [2.75, 3.05) is 0 Å². The molecule has 3 aromatic rings. The van der Waals surface area contributed by atoms with Gasteiger partial charge in [-0.25, -0.2) is 0 Å². The van der Waals surface area contributed by atoms with Crippen LogP contribution in [0.2, 0.25) is 0 Å². The van der Waals surface area contributed by atoms with Gasteiger partial charge in [-0.15, -0.1) is 0 Å². The summed E-state index contributed by atoms with van der Waals surface area (Å²) in [4.78, 5) is 0. The fraction of sp³-hybridized carbons (Fsp3) is 0.273. The molecular formula is C22H26. The van der Waals surface area contributed by atoms with Crippen LogP contribution in [0.1, 0.15) is 38.5 Å². The quantitative estimate of drug-likeness (QED) is 0.424. The maximum absolute atomic E-state index is 2.12. The van der Waals surface area contributed by atoms with Gasteiger partial charge >= 0.3 is 0 Å². The van der Waals surface area contributed by atoms with Crippen LogP contribution in [0.25, 0.3) is 10.8 Å². The molecule has 1 aliphatic rings. The van der Waals surface area contributed by atoms with E-state index < -0.39 is 0 Å². The molecule has 4 rings (SSSR count). The molecule has 0 bridgehead atoms. The van der Waals surface area contributed by atoms with Gasteiger partial charge in [-0.1, -0.05) is 123 Å². The second-order valence-corrected chi connectivity index (χ2v) is 5.62. The minimum absolute atomic E-state index is 1.31. The maximum Gasteiger partial charge on any atom is -0.0184 e. The average Bonchev–Trinajstić information content (AvgIpc) is 2.66. The smallest absolute Gasteiger partial charge is 0.0184 e. The zero-order chi connectivity index (χ0) is 15.3. The van der Waals surface area contributed by atoms with Crippen molar-refractivity contribution in [1.82, 2.24) is 0 Å². The van der Waals surface area contributed by atoms with Crippen molar-refractivity contribution in [3.63, 3.8) is 0 Å². The fourth-order valence-corrected chi connectivity index (χ4v) is 2.58. The van der Waals surface area contributed by atoms with E-state index in [1.54, 1.807) is 0 Å². The summed E-state index contributed by atoms with van der Waals surface area (Å²) in [5.41, 5.74) is 0. The molecule has 0 aliphatic heterocycles. The molecule has 0 unspecified atom stereocenters. The molecular weight excluding hydrogens is 264 g/mol. The molecule has 3 aromatic carbocycles. The highest BCUT2D eigenvalue weighted by atomic mass is 14.0. The Hall–Kier alpha value is -2.08. The largest absolute Gasteiger partial charge is 0.0623 e. The van der Waals surface area contributed by atoms with Gasteiger partial charge in [0.25, 0.3) is 0 Å². The van der Waals surface area contributed by atoms with Crippen LogP contribution in [-0.4, -0.2) is 0 Å². The number of fused-ring (bicyclic) bond motifs is 1. The SMILES string of the molecule is C1CCCCC1.c1ccc2ccccc2c1.c1ccccc1. The van der Waals surface area contributed by atoms with Crippen LogP contribution in [0.4, 0.5) is 0 Å². The summed E-state index contributed by atoms with van der Waals surface area (Å²) in [6, 6.07) is 28.7. The molecule has 0 amide bonds. The molecule has 0 N–H and O–H groups in total. The van der Waals surface area contributed by atoms with Gasteiger partial charge in [0.1, 0.15) is 0 Å². The van der Waals surface area contributed by atoms with E-state index in [1.165, 1.54) is 49.3 Å². The lowest BCUT2D eigenvalue weighted by atomic mass is 10.0. The summed E-state index contributed by atoms with van der Waals surface area (Å²) in [6.07, 6.45) is 9.00. The van der Waals surface area contributed by atoms with E-state index in [0.29, 0.717) is 0 Å². The summed E-state index contributed by atoms with van der Waals surface area (Å²) in [7, 11) is 0. The molecule has 0 spiro atoms. The van der Waals surface area contributed by atoms with Crippen molar-refractivity contribution in [1.29, 1.82) is 0 Å². The third-order valence-electron chi connectivity index (χ3n) is 3.83. The first-order chi connectivity index (χ1) is 11.0. The fourth-order valence-electron chi connectivity index (χ4n) is 2.58. The van der Waals surface area contributed by atoms with Gasteiger partial charge in [-0.05, 0) is 10.8 Å². The molecule has 114 valence electrons. The Morgan fingerprint density at radius 2 is 0.545 bits per heavy atom. The normalized spacial score (nSPS) is 13.3. The van der Waals surface area contributed by atoms with Crippen LogP contribution in [0.15, 0.2) is 84.9 Å². The van der Waals surface area contributed by atoms with E-state index in [4.69, 9.17) is 0 Å². The lowest BCUT2D eigenvalue weighted by Gasteiger charge is -2.05. The van der Waals surface area contributed by atoms with Gasteiger partial charge in [0.05, 0.1) is 0 Å². The number of hydrogen-bond donors (Lipinski definition) is 0. The van der Waals surface area contributed by atoms with E-state index in [1.807, 2.05) is 36.4 Å². The van der Waals surface area contributed by atoms with Crippen LogP contribution in [0.5, 0.6) is 0 Å².